The largest absolute Gasteiger partial charge is 0.344 e. The van der Waals surface area contributed by atoms with Gasteiger partial charge in [0.25, 0.3) is 0 Å². The van der Waals surface area contributed by atoms with Crippen molar-refractivity contribution >= 4 is 28.9 Å². The summed E-state index contributed by atoms with van der Waals surface area (Å²) in [4.78, 5) is 35.4. The summed E-state index contributed by atoms with van der Waals surface area (Å²) >= 11 is 0. The van der Waals surface area contributed by atoms with Gasteiger partial charge >= 0.3 is 0 Å². The summed E-state index contributed by atoms with van der Waals surface area (Å²) in [5, 5.41) is 17.9. The molecule has 8 nitrogen and oxygen atoms in total. The number of anilines is 2. The van der Waals surface area contributed by atoms with Crippen LogP contribution < -0.4 is 16.0 Å². The second-order valence-corrected chi connectivity index (χ2v) is 9.49. The topological polar surface area (TPSA) is 120 Å². The molecule has 0 spiro atoms. The van der Waals surface area contributed by atoms with E-state index < -0.39 is 18.0 Å². The lowest BCUT2D eigenvalue weighted by molar-refractivity contribution is -0.127. The molecule has 0 unspecified atom stereocenters. The number of hydrogen-bond donors (Lipinski definition) is 4. The second-order valence-electron chi connectivity index (χ2n) is 9.49. The molecule has 1 aromatic carbocycles. The van der Waals surface area contributed by atoms with Crippen LogP contribution in [0.1, 0.15) is 69.8 Å². The van der Waals surface area contributed by atoms with E-state index >= 15 is 0 Å². The van der Waals surface area contributed by atoms with Crippen molar-refractivity contribution in [1.82, 2.24) is 20.6 Å². The van der Waals surface area contributed by atoms with Crippen LogP contribution in [0.15, 0.2) is 30.3 Å². The highest BCUT2D eigenvalue weighted by Gasteiger charge is 2.36. The highest BCUT2D eigenvalue weighted by Crippen LogP contribution is 2.30. The van der Waals surface area contributed by atoms with Crippen LogP contribution in [-0.2, 0) is 9.59 Å². The standard InChI is InChI=1S/C27H37FN6O2/c1-5-21(22-15-23(32-17(3)31-22)33-20-13-11-19(28)12-14-20)24(29)26(35)25(18-9-7-6-8-10-18)34-27(36)16(2)30-4/h11-16,18,21,25,29-30H,5-10H2,1-4H3,(H,34,36)(H,31,32,33)/t16-,21-,25-/m0/s1. The van der Waals surface area contributed by atoms with Gasteiger partial charge in [-0.15, -0.1) is 0 Å². The Balaban J connectivity index is 1.85. The molecule has 1 fully saturated rings. The van der Waals surface area contributed by atoms with Crippen molar-refractivity contribution < 1.29 is 14.0 Å². The molecule has 2 aromatic rings. The number of carbonyl (C=O) groups is 2. The molecule has 0 saturated heterocycles. The Hall–Kier alpha value is -3.20. The van der Waals surface area contributed by atoms with E-state index in [1.165, 1.54) is 12.1 Å². The lowest BCUT2D eigenvalue weighted by atomic mass is 9.79. The third kappa shape index (κ3) is 6.94. The van der Waals surface area contributed by atoms with E-state index in [9.17, 15) is 14.0 Å². The summed E-state index contributed by atoms with van der Waals surface area (Å²) in [6.45, 7) is 5.41. The third-order valence-corrected chi connectivity index (χ3v) is 6.88. The summed E-state index contributed by atoms with van der Waals surface area (Å²) < 4.78 is 13.3. The molecule has 1 amide bonds. The number of nitrogens with zero attached hydrogens (tertiary/aromatic N) is 2. The first-order chi connectivity index (χ1) is 17.2. The summed E-state index contributed by atoms with van der Waals surface area (Å²) in [5.74, 6) is -0.460. The van der Waals surface area contributed by atoms with E-state index in [0.29, 0.717) is 29.4 Å². The van der Waals surface area contributed by atoms with Crippen LogP contribution in [0.4, 0.5) is 15.9 Å². The summed E-state index contributed by atoms with van der Waals surface area (Å²) in [5.41, 5.74) is 1.17. The van der Waals surface area contributed by atoms with E-state index in [1.807, 2.05) is 6.92 Å². The summed E-state index contributed by atoms with van der Waals surface area (Å²) in [6, 6.07) is 6.49. The van der Waals surface area contributed by atoms with Crippen LogP contribution in [-0.4, -0.2) is 46.5 Å². The third-order valence-electron chi connectivity index (χ3n) is 6.88. The monoisotopic (exact) mass is 496 g/mol. The first-order valence-electron chi connectivity index (χ1n) is 12.7. The van der Waals surface area contributed by atoms with Gasteiger partial charge < -0.3 is 21.4 Å². The number of aryl methyl sites for hydroxylation is 1. The number of carbonyl (C=O) groups excluding carboxylic acids is 2. The van der Waals surface area contributed by atoms with E-state index in [1.54, 1.807) is 39.1 Å². The fourth-order valence-corrected chi connectivity index (χ4v) is 4.69. The number of hydrogen-bond acceptors (Lipinski definition) is 7. The number of aromatic nitrogens is 2. The van der Waals surface area contributed by atoms with Crippen LogP contribution in [0.3, 0.4) is 0 Å². The van der Waals surface area contributed by atoms with Crippen LogP contribution in [0.25, 0.3) is 0 Å². The number of Topliss-reactive ketones (excluding diaryl/α,β-unsaturated/α-hetero) is 1. The number of halogens is 1. The highest BCUT2D eigenvalue weighted by molar-refractivity contribution is 6.42. The molecule has 0 radical (unpaired) electrons. The number of nitrogens with one attached hydrogen (secondary N) is 4. The van der Waals surface area contributed by atoms with Crippen molar-refractivity contribution in [1.29, 1.82) is 5.41 Å². The molecule has 1 saturated carbocycles. The van der Waals surface area contributed by atoms with Gasteiger partial charge in [-0.05, 0) is 70.3 Å². The highest BCUT2D eigenvalue weighted by atomic mass is 19.1. The zero-order valence-electron chi connectivity index (χ0n) is 21.5. The summed E-state index contributed by atoms with van der Waals surface area (Å²) in [7, 11) is 1.70. The number of likely N-dealkylation sites (N-methyl/N-ethyl adjacent to an activating group) is 1. The van der Waals surface area contributed by atoms with Gasteiger partial charge in [0.15, 0.2) is 5.78 Å². The van der Waals surface area contributed by atoms with Crippen molar-refractivity contribution in [3.8, 4) is 0 Å². The van der Waals surface area contributed by atoms with Gasteiger partial charge in [-0.3, -0.25) is 9.59 Å². The molecule has 0 bridgehead atoms. The van der Waals surface area contributed by atoms with Crippen molar-refractivity contribution in [2.24, 2.45) is 5.92 Å². The molecule has 194 valence electrons. The quantitative estimate of drug-likeness (QED) is 0.342. The van der Waals surface area contributed by atoms with Gasteiger partial charge in [0.2, 0.25) is 5.91 Å². The SMILES string of the molecule is CC[C@H](C(=N)C(=O)[C@@H](NC(=O)[C@H](C)NC)C1CCCCC1)c1cc(Nc2ccc(F)cc2)nc(C)n1. The lowest BCUT2D eigenvalue weighted by Crippen LogP contribution is -2.53. The number of rotatable bonds is 11. The minimum Gasteiger partial charge on any atom is -0.344 e. The maximum Gasteiger partial charge on any atom is 0.237 e. The molecule has 36 heavy (non-hydrogen) atoms. The number of amides is 1. The average Bonchev–Trinajstić information content (AvgIpc) is 2.88. The maximum absolute atomic E-state index is 13.7. The molecule has 1 aliphatic carbocycles. The van der Waals surface area contributed by atoms with Crippen molar-refractivity contribution in [3.63, 3.8) is 0 Å². The Morgan fingerprint density at radius 2 is 1.81 bits per heavy atom. The van der Waals surface area contributed by atoms with E-state index in [4.69, 9.17) is 5.41 Å². The Morgan fingerprint density at radius 1 is 1.14 bits per heavy atom. The van der Waals surface area contributed by atoms with Gasteiger partial charge in [-0.2, -0.15) is 0 Å². The Labute approximate surface area is 212 Å². The second kappa shape index (κ2) is 12.7. The molecule has 3 atom stereocenters. The normalized spacial score (nSPS) is 16.6. The van der Waals surface area contributed by atoms with Crippen molar-refractivity contribution in [3.05, 3.63) is 47.7 Å². The van der Waals surface area contributed by atoms with Crippen LogP contribution in [0.5, 0.6) is 0 Å². The Bertz CT molecular complexity index is 1070. The lowest BCUT2D eigenvalue weighted by Gasteiger charge is -2.31. The van der Waals surface area contributed by atoms with Crippen LogP contribution in [0.2, 0.25) is 0 Å². The van der Waals surface area contributed by atoms with Crippen LogP contribution >= 0.6 is 0 Å². The smallest absolute Gasteiger partial charge is 0.237 e. The van der Waals surface area contributed by atoms with E-state index in [-0.39, 0.29) is 29.1 Å². The average molecular weight is 497 g/mol. The zero-order chi connectivity index (χ0) is 26.2. The molecule has 4 N–H and O–H groups in total. The van der Waals surface area contributed by atoms with Gasteiger partial charge in [0, 0.05) is 17.7 Å². The maximum atomic E-state index is 13.7. The summed E-state index contributed by atoms with van der Waals surface area (Å²) in [6.07, 6.45) is 5.35. The predicted molar refractivity (Wildman–Crippen MR) is 139 cm³/mol. The molecule has 9 heteroatoms. The zero-order valence-corrected chi connectivity index (χ0v) is 21.5. The fraction of sp³-hybridized carbons (Fsp3) is 0.519. The van der Waals surface area contributed by atoms with Gasteiger partial charge in [-0.1, -0.05) is 26.2 Å². The predicted octanol–water partition coefficient (Wildman–Crippen LogP) is 4.42. The first-order valence-corrected chi connectivity index (χ1v) is 12.7. The fourth-order valence-electron chi connectivity index (χ4n) is 4.69. The van der Waals surface area contributed by atoms with E-state index in [0.717, 1.165) is 32.1 Å². The van der Waals surface area contributed by atoms with Gasteiger partial charge in [-0.25, -0.2) is 14.4 Å². The van der Waals surface area contributed by atoms with Crippen molar-refractivity contribution in [2.75, 3.05) is 12.4 Å². The molecule has 0 aliphatic heterocycles. The molecular formula is C27H37FN6O2. The van der Waals surface area contributed by atoms with Crippen LogP contribution in [0, 0.1) is 24.1 Å². The molecular weight excluding hydrogens is 459 g/mol. The number of ketones is 1. The molecule has 1 aliphatic rings. The molecule has 3 rings (SSSR count). The first kappa shape index (κ1) is 27.4. The van der Waals surface area contributed by atoms with Gasteiger partial charge in [0.05, 0.1) is 23.5 Å². The Morgan fingerprint density at radius 3 is 2.42 bits per heavy atom. The van der Waals surface area contributed by atoms with Crippen molar-refractivity contribution in [2.45, 2.75) is 77.3 Å². The Kier molecular flexibility index (Phi) is 9.64. The molecule has 1 heterocycles. The van der Waals surface area contributed by atoms with Gasteiger partial charge in [0.1, 0.15) is 17.5 Å². The molecule has 1 aromatic heterocycles. The minimum atomic E-state index is -0.727. The number of benzene rings is 1. The van der Waals surface area contributed by atoms with E-state index in [2.05, 4.69) is 25.9 Å². The minimum absolute atomic E-state index is 0.0138.